The van der Waals surface area contributed by atoms with Crippen LogP contribution >= 0.6 is 0 Å². The van der Waals surface area contributed by atoms with Crippen LogP contribution in [0.5, 0.6) is 0 Å². The Bertz CT molecular complexity index is 820. The third-order valence-electron chi connectivity index (χ3n) is 5.94. The molecule has 0 aromatic heterocycles. The summed E-state index contributed by atoms with van der Waals surface area (Å²) in [5.74, 6) is 0.249. The van der Waals surface area contributed by atoms with Crippen LogP contribution in [0.25, 0.3) is 0 Å². The highest BCUT2D eigenvalue weighted by Gasteiger charge is 2.46. The molecule has 2 aromatic carbocycles. The molecule has 3 rings (SSSR count). The molecule has 0 N–H and O–H groups in total. The summed E-state index contributed by atoms with van der Waals surface area (Å²) in [7, 11) is 2.08. The average Bonchev–Trinajstić information content (AvgIpc) is 3.56. The quantitative estimate of drug-likeness (QED) is 0.529. The van der Waals surface area contributed by atoms with Crippen molar-refractivity contribution in [3.05, 3.63) is 71.3 Å². The van der Waals surface area contributed by atoms with Crippen LogP contribution in [0.15, 0.2) is 54.6 Å². The summed E-state index contributed by atoms with van der Waals surface area (Å²) >= 11 is 0. The minimum atomic E-state index is -4.35. The summed E-state index contributed by atoms with van der Waals surface area (Å²) in [5, 5.41) is 10.0. The van der Waals surface area contributed by atoms with Crippen LogP contribution in [0, 0.1) is 17.2 Å². The van der Waals surface area contributed by atoms with Crippen LogP contribution in [0.4, 0.5) is 13.2 Å². The molecule has 2 aromatic rings. The van der Waals surface area contributed by atoms with Gasteiger partial charge in [0, 0.05) is 6.54 Å². The van der Waals surface area contributed by atoms with Crippen molar-refractivity contribution in [2.75, 3.05) is 20.1 Å². The highest BCUT2D eigenvalue weighted by Crippen LogP contribution is 2.50. The van der Waals surface area contributed by atoms with E-state index in [1.165, 1.54) is 17.7 Å². The Morgan fingerprint density at radius 1 is 0.966 bits per heavy atom. The van der Waals surface area contributed by atoms with Crippen molar-refractivity contribution in [2.45, 2.75) is 43.7 Å². The van der Waals surface area contributed by atoms with E-state index < -0.39 is 17.2 Å². The Balaban J connectivity index is 1.60. The molecule has 1 saturated carbocycles. The molecule has 0 bridgehead atoms. The monoisotopic (exact) mass is 400 g/mol. The molecule has 0 saturated heterocycles. The molecule has 5 heteroatoms. The number of hydrogen-bond acceptors (Lipinski definition) is 2. The van der Waals surface area contributed by atoms with E-state index in [1.807, 2.05) is 18.2 Å². The predicted octanol–water partition coefficient (Wildman–Crippen LogP) is 5.83. The van der Waals surface area contributed by atoms with Gasteiger partial charge in [0.15, 0.2) is 0 Å². The zero-order valence-electron chi connectivity index (χ0n) is 16.8. The maximum Gasteiger partial charge on any atom is 0.416 e. The first-order valence-electron chi connectivity index (χ1n) is 10.2. The molecular weight excluding hydrogens is 373 g/mol. The van der Waals surface area contributed by atoms with Gasteiger partial charge >= 0.3 is 6.18 Å². The number of alkyl halides is 3. The maximum atomic E-state index is 12.9. The highest BCUT2D eigenvalue weighted by molar-refractivity contribution is 5.38. The van der Waals surface area contributed by atoms with E-state index in [9.17, 15) is 18.4 Å². The first-order valence-corrected chi connectivity index (χ1v) is 10.2. The second-order valence-corrected chi connectivity index (χ2v) is 8.07. The molecule has 1 atom stereocenters. The van der Waals surface area contributed by atoms with Gasteiger partial charge in [-0.05, 0) is 74.9 Å². The fourth-order valence-corrected chi connectivity index (χ4v) is 4.03. The lowest BCUT2D eigenvalue weighted by Gasteiger charge is -2.28. The van der Waals surface area contributed by atoms with Crippen LogP contribution in [-0.2, 0) is 18.0 Å². The highest BCUT2D eigenvalue weighted by atomic mass is 19.4. The third kappa shape index (κ3) is 5.39. The largest absolute Gasteiger partial charge is 0.416 e. The van der Waals surface area contributed by atoms with Crippen LogP contribution in [-0.4, -0.2) is 25.0 Å². The van der Waals surface area contributed by atoms with Gasteiger partial charge in [-0.25, -0.2) is 0 Å². The normalized spacial score (nSPS) is 16.4. The number of halogens is 3. The van der Waals surface area contributed by atoms with Crippen molar-refractivity contribution in [3.63, 3.8) is 0 Å². The molecule has 1 unspecified atom stereocenters. The second kappa shape index (κ2) is 9.00. The predicted molar refractivity (Wildman–Crippen MR) is 108 cm³/mol. The molecule has 0 radical (unpaired) electrons. The standard InChI is InChI=1S/C24H27F3N2/c1-29(17-14-19-6-3-2-4-7-19)16-5-15-23(18-28,20-8-9-20)21-10-12-22(13-11-21)24(25,26)27/h2-4,6-7,10-13,20H,5,8-9,14-17H2,1H3. The molecule has 1 fully saturated rings. The van der Waals surface area contributed by atoms with Gasteiger partial charge in [-0.1, -0.05) is 42.5 Å². The third-order valence-corrected chi connectivity index (χ3v) is 5.94. The van der Waals surface area contributed by atoms with Crippen molar-refractivity contribution < 1.29 is 13.2 Å². The smallest absolute Gasteiger partial charge is 0.306 e. The number of likely N-dealkylation sites (N-methyl/N-ethyl adjacent to an activating group) is 1. The summed E-state index contributed by atoms with van der Waals surface area (Å²) in [5.41, 5.74) is 0.685. The number of hydrogen-bond donors (Lipinski definition) is 0. The van der Waals surface area contributed by atoms with E-state index in [-0.39, 0.29) is 5.92 Å². The lowest BCUT2D eigenvalue weighted by atomic mass is 9.73. The van der Waals surface area contributed by atoms with Crippen LogP contribution < -0.4 is 0 Å². The molecule has 1 aliphatic carbocycles. The van der Waals surface area contributed by atoms with Crippen molar-refractivity contribution in [2.24, 2.45) is 5.92 Å². The minimum Gasteiger partial charge on any atom is -0.306 e. The lowest BCUT2D eigenvalue weighted by molar-refractivity contribution is -0.137. The Morgan fingerprint density at radius 3 is 2.14 bits per heavy atom. The van der Waals surface area contributed by atoms with Gasteiger partial charge < -0.3 is 4.90 Å². The van der Waals surface area contributed by atoms with Crippen molar-refractivity contribution >= 4 is 0 Å². The minimum absolute atomic E-state index is 0.249. The van der Waals surface area contributed by atoms with Crippen molar-refractivity contribution in [3.8, 4) is 6.07 Å². The van der Waals surface area contributed by atoms with E-state index in [4.69, 9.17) is 0 Å². The van der Waals surface area contributed by atoms with Crippen LogP contribution in [0.3, 0.4) is 0 Å². The molecule has 2 nitrogen and oxygen atoms in total. The summed E-state index contributed by atoms with van der Waals surface area (Å²) in [6, 6.07) is 18.0. The zero-order chi connectivity index (χ0) is 20.9. The Morgan fingerprint density at radius 2 is 1.59 bits per heavy atom. The Kier molecular flexibility index (Phi) is 6.64. The number of rotatable bonds is 9. The summed E-state index contributed by atoms with van der Waals surface area (Å²) < 4.78 is 38.7. The fraction of sp³-hybridized carbons (Fsp3) is 0.458. The van der Waals surface area contributed by atoms with E-state index in [1.54, 1.807) is 0 Å². The first kappa shape index (κ1) is 21.4. The summed E-state index contributed by atoms with van der Waals surface area (Å²) in [4.78, 5) is 2.26. The molecular formula is C24H27F3N2. The van der Waals surface area contributed by atoms with Gasteiger partial charge in [-0.15, -0.1) is 0 Å². The Labute approximate surface area is 171 Å². The average molecular weight is 400 g/mol. The van der Waals surface area contributed by atoms with Crippen molar-refractivity contribution in [1.82, 2.24) is 4.90 Å². The Hall–Kier alpha value is -2.32. The van der Waals surface area contributed by atoms with Gasteiger partial charge in [-0.2, -0.15) is 18.4 Å². The molecule has 0 aliphatic heterocycles. The molecule has 0 heterocycles. The number of nitriles is 1. The number of benzene rings is 2. The lowest BCUT2D eigenvalue weighted by Crippen LogP contribution is -2.30. The molecule has 1 aliphatic rings. The molecule has 154 valence electrons. The molecule has 29 heavy (non-hydrogen) atoms. The first-order chi connectivity index (χ1) is 13.8. The van der Waals surface area contributed by atoms with Gasteiger partial charge in [0.1, 0.15) is 0 Å². The summed E-state index contributed by atoms with van der Waals surface area (Å²) in [6.45, 7) is 1.80. The van der Waals surface area contributed by atoms with Crippen molar-refractivity contribution in [1.29, 1.82) is 5.26 Å². The topological polar surface area (TPSA) is 27.0 Å². The van der Waals surface area contributed by atoms with Gasteiger partial charge in [0.05, 0.1) is 17.0 Å². The molecule has 0 amide bonds. The zero-order valence-corrected chi connectivity index (χ0v) is 16.8. The summed E-state index contributed by atoms with van der Waals surface area (Å²) in [6.07, 6.45) is 0.0829. The fourth-order valence-electron chi connectivity index (χ4n) is 4.03. The second-order valence-electron chi connectivity index (χ2n) is 8.07. The number of nitrogens with zero attached hydrogens (tertiary/aromatic N) is 2. The molecule has 0 spiro atoms. The SMILES string of the molecule is CN(CCCC(C#N)(c1ccc(C(F)(F)F)cc1)C1CC1)CCc1ccccc1. The maximum absolute atomic E-state index is 12.9. The van der Waals surface area contributed by atoms with Crippen LogP contribution in [0.2, 0.25) is 0 Å². The van der Waals surface area contributed by atoms with E-state index in [2.05, 4.69) is 30.1 Å². The van der Waals surface area contributed by atoms with E-state index in [0.717, 1.165) is 56.5 Å². The van der Waals surface area contributed by atoms with Gasteiger partial charge in [0.2, 0.25) is 0 Å². The van der Waals surface area contributed by atoms with E-state index in [0.29, 0.717) is 6.42 Å². The van der Waals surface area contributed by atoms with E-state index >= 15 is 0 Å². The van der Waals surface area contributed by atoms with Gasteiger partial charge in [0.25, 0.3) is 0 Å². The van der Waals surface area contributed by atoms with Gasteiger partial charge in [-0.3, -0.25) is 0 Å². The van der Waals surface area contributed by atoms with Crippen LogP contribution in [0.1, 0.15) is 42.4 Å².